The number of hydrogen-bond donors (Lipinski definition) is 5. The second kappa shape index (κ2) is 8.70. The summed E-state index contributed by atoms with van der Waals surface area (Å²) in [5.41, 5.74) is 7.32. The molecular weight excluding hydrogens is 374 g/mol. The highest BCUT2D eigenvalue weighted by atomic mass is 16.4. The Labute approximate surface area is 165 Å². The zero-order valence-electron chi connectivity index (χ0n) is 15.3. The molecule has 0 unspecified atom stereocenters. The third kappa shape index (κ3) is 4.98. The van der Waals surface area contributed by atoms with Gasteiger partial charge in [-0.05, 0) is 54.8 Å². The Balaban J connectivity index is 1.70. The Morgan fingerprint density at radius 2 is 1.83 bits per heavy atom. The molecule has 1 aromatic heterocycles. The standard InChI is InChI=1S/C20H19N5O4/c21-17(27)16-18(22-11-1-2-12-3-9-15(26)10-4-12)24-25-19(16)23-14-7-5-13(6-8-14)20(28)29/h3-11,26H,1-2H2,(H2,21,27)(H,28,29)(H2,23,24,25). The Morgan fingerprint density at radius 1 is 1.14 bits per heavy atom. The Morgan fingerprint density at radius 3 is 2.45 bits per heavy atom. The largest absolute Gasteiger partial charge is 0.508 e. The van der Waals surface area contributed by atoms with E-state index in [0.29, 0.717) is 18.5 Å². The molecule has 148 valence electrons. The minimum atomic E-state index is -1.03. The molecule has 0 fully saturated rings. The number of aromatic amines is 1. The van der Waals surface area contributed by atoms with Crippen LogP contribution in [0.4, 0.5) is 17.3 Å². The predicted octanol–water partition coefficient (Wildman–Crippen LogP) is 2.99. The molecule has 3 aromatic rings. The highest BCUT2D eigenvalue weighted by Gasteiger charge is 2.18. The van der Waals surface area contributed by atoms with Crippen LogP contribution in [0.5, 0.6) is 5.75 Å². The maximum atomic E-state index is 11.9. The van der Waals surface area contributed by atoms with Crippen molar-refractivity contribution < 1.29 is 19.8 Å². The van der Waals surface area contributed by atoms with E-state index >= 15 is 0 Å². The van der Waals surface area contributed by atoms with Gasteiger partial charge in [-0.15, -0.1) is 0 Å². The number of aryl methyl sites for hydroxylation is 1. The Hall–Kier alpha value is -4.14. The molecule has 29 heavy (non-hydrogen) atoms. The number of carboxylic acids is 1. The van der Waals surface area contributed by atoms with Crippen LogP contribution in [0.2, 0.25) is 0 Å². The first-order chi connectivity index (χ1) is 13.9. The first-order valence-corrected chi connectivity index (χ1v) is 8.73. The highest BCUT2D eigenvalue weighted by molar-refractivity contribution is 6.03. The minimum absolute atomic E-state index is 0.105. The maximum Gasteiger partial charge on any atom is 0.335 e. The summed E-state index contributed by atoms with van der Waals surface area (Å²) in [5, 5.41) is 27.9. The molecule has 0 saturated heterocycles. The number of amides is 1. The SMILES string of the molecule is NC(=O)c1c(N=CCCc2ccc(O)cc2)n[nH]c1Nc1ccc(C(=O)O)cc1. The Bertz CT molecular complexity index is 1040. The molecule has 3 rings (SSSR count). The lowest BCUT2D eigenvalue weighted by Gasteiger charge is -2.05. The van der Waals surface area contributed by atoms with Crippen molar-refractivity contribution in [1.29, 1.82) is 0 Å². The van der Waals surface area contributed by atoms with Crippen molar-refractivity contribution in [2.45, 2.75) is 12.8 Å². The number of hydrogen-bond acceptors (Lipinski definition) is 6. The second-order valence-electron chi connectivity index (χ2n) is 6.19. The molecule has 0 spiro atoms. The average molecular weight is 393 g/mol. The number of nitrogens with one attached hydrogen (secondary N) is 2. The van der Waals surface area contributed by atoms with Gasteiger partial charge in [-0.3, -0.25) is 9.89 Å². The number of aliphatic imine (C=N–C) groups is 1. The first kappa shape index (κ1) is 19.6. The average Bonchev–Trinajstić information content (AvgIpc) is 3.09. The molecular formula is C20H19N5O4. The van der Waals surface area contributed by atoms with E-state index in [9.17, 15) is 14.7 Å². The van der Waals surface area contributed by atoms with Crippen LogP contribution in [-0.4, -0.2) is 38.5 Å². The molecule has 9 nitrogen and oxygen atoms in total. The van der Waals surface area contributed by atoms with Crippen molar-refractivity contribution in [2.24, 2.45) is 10.7 Å². The number of carboxylic acid groups (broad SMARTS) is 1. The zero-order valence-corrected chi connectivity index (χ0v) is 15.3. The van der Waals surface area contributed by atoms with E-state index in [1.165, 1.54) is 12.1 Å². The number of phenolic OH excluding ortho intramolecular Hbond substituents is 1. The summed E-state index contributed by atoms with van der Waals surface area (Å²) < 4.78 is 0. The normalized spacial score (nSPS) is 10.9. The first-order valence-electron chi connectivity index (χ1n) is 8.73. The quantitative estimate of drug-likeness (QED) is 0.371. The second-order valence-corrected chi connectivity index (χ2v) is 6.19. The van der Waals surface area contributed by atoms with Gasteiger partial charge in [0.25, 0.3) is 5.91 Å². The van der Waals surface area contributed by atoms with E-state index in [4.69, 9.17) is 10.8 Å². The van der Waals surface area contributed by atoms with Crippen molar-refractivity contribution in [2.75, 3.05) is 5.32 Å². The fourth-order valence-electron chi connectivity index (χ4n) is 2.64. The molecule has 6 N–H and O–H groups in total. The number of nitrogens with zero attached hydrogens (tertiary/aromatic N) is 2. The van der Waals surface area contributed by atoms with Crippen molar-refractivity contribution in [1.82, 2.24) is 10.2 Å². The van der Waals surface area contributed by atoms with Crippen LogP contribution in [-0.2, 0) is 6.42 Å². The molecule has 0 aliphatic heterocycles. The van der Waals surface area contributed by atoms with Gasteiger partial charge in [-0.25, -0.2) is 9.79 Å². The van der Waals surface area contributed by atoms with E-state index in [1.54, 1.807) is 30.5 Å². The Kier molecular flexibility index (Phi) is 5.88. The number of H-pyrrole nitrogens is 1. The van der Waals surface area contributed by atoms with E-state index in [2.05, 4.69) is 20.5 Å². The van der Waals surface area contributed by atoms with E-state index in [-0.39, 0.29) is 28.5 Å². The van der Waals surface area contributed by atoms with Gasteiger partial charge < -0.3 is 21.3 Å². The van der Waals surface area contributed by atoms with Crippen molar-refractivity contribution in [3.05, 3.63) is 65.2 Å². The van der Waals surface area contributed by atoms with Crippen molar-refractivity contribution in [3.63, 3.8) is 0 Å². The van der Waals surface area contributed by atoms with Crippen LogP contribution >= 0.6 is 0 Å². The fraction of sp³-hybridized carbons (Fsp3) is 0.100. The summed E-state index contributed by atoms with van der Waals surface area (Å²) in [7, 11) is 0. The number of anilines is 2. The number of phenols is 1. The highest BCUT2D eigenvalue weighted by Crippen LogP contribution is 2.26. The molecule has 0 aliphatic rings. The predicted molar refractivity (Wildman–Crippen MR) is 108 cm³/mol. The number of primary amides is 1. The summed E-state index contributed by atoms with van der Waals surface area (Å²) in [4.78, 5) is 27.0. The number of rotatable bonds is 8. The van der Waals surface area contributed by atoms with E-state index < -0.39 is 11.9 Å². The number of aromatic hydroxyl groups is 1. The van der Waals surface area contributed by atoms with Crippen LogP contribution < -0.4 is 11.1 Å². The molecule has 2 aromatic carbocycles. The van der Waals surface area contributed by atoms with Gasteiger partial charge >= 0.3 is 5.97 Å². The van der Waals surface area contributed by atoms with Gasteiger partial charge in [-0.2, -0.15) is 5.10 Å². The lowest BCUT2D eigenvalue weighted by atomic mass is 10.1. The molecule has 1 heterocycles. The van der Waals surface area contributed by atoms with Crippen LogP contribution in [0.1, 0.15) is 32.7 Å². The smallest absolute Gasteiger partial charge is 0.335 e. The van der Waals surface area contributed by atoms with Gasteiger partial charge in [0.05, 0.1) is 5.56 Å². The van der Waals surface area contributed by atoms with E-state index in [1.807, 2.05) is 12.1 Å². The molecule has 0 saturated carbocycles. The molecule has 0 atom stereocenters. The molecule has 9 heteroatoms. The lowest BCUT2D eigenvalue weighted by Crippen LogP contribution is -2.12. The number of aromatic nitrogens is 2. The van der Waals surface area contributed by atoms with Crippen molar-refractivity contribution >= 4 is 35.4 Å². The van der Waals surface area contributed by atoms with Gasteiger partial charge in [-0.1, -0.05) is 12.1 Å². The van der Waals surface area contributed by atoms with E-state index in [0.717, 1.165) is 5.56 Å². The summed E-state index contributed by atoms with van der Waals surface area (Å²) in [6.45, 7) is 0. The number of aromatic carboxylic acids is 1. The third-order valence-corrected chi connectivity index (χ3v) is 4.11. The van der Waals surface area contributed by atoms with Crippen LogP contribution in [0.15, 0.2) is 53.5 Å². The van der Waals surface area contributed by atoms with Crippen LogP contribution in [0.3, 0.4) is 0 Å². The van der Waals surface area contributed by atoms with Gasteiger partial charge in [0.2, 0.25) is 0 Å². The molecule has 1 amide bonds. The molecule has 0 aliphatic carbocycles. The summed E-state index contributed by atoms with van der Waals surface area (Å²) >= 11 is 0. The zero-order chi connectivity index (χ0) is 20.8. The van der Waals surface area contributed by atoms with Crippen molar-refractivity contribution in [3.8, 4) is 5.75 Å². The number of carbonyl (C=O) groups is 2. The minimum Gasteiger partial charge on any atom is -0.508 e. The molecule has 0 bridgehead atoms. The number of nitrogens with two attached hydrogens (primary N) is 1. The van der Waals surface area contributed by atoms with Crippen LogP contribution in [0.25, 0.3) is 0 Å². The molecule has 0 radical (unpaired) electrons. The monoisotopic (exact) mass is 393 g/mol. The van der Waals surface area contributed by atoms with Gasteiger partial charge in [0.15, 0.2) is 5.82 Å². The van der Waals surface area contributed by atoms with Crippen LogP contribution in [0, 0.1) is 0 Å². The fourth-order valence-corrected chi connectivity index (χ4v) is 2.64. The van der Waals surface area contributed by atoms with Gasteiger partial charge in [0, 0.05) is 11.9 Å². The lowest BCUT2D eigenvalue weighted by molar-refractivity contribution is 0.0696. The summed E-state index contributed by atoms with van der Waals surface area (Å²) in [5.74, 6) is -1.09. The topological polar surface area (TPSA) is 154 Å². The maximum absolute atomic E-state index is 11.9. The third-order valence-electron chi connectivity index (χ3n) is 4.11. The summed E-state index contributed by atoms with van der Waals surface area (Å²) in [6.07, 6.45) is 2.96. The van der Waals surface area contributed by atoms with Gasteiger partial charge in [0.1, 0.15) is 17.1 Å². The number of carbonyl (C=O) groups excluding carboxylic acids is 1. The number of benzene rings is 2. The summed E-state index contributed by atoms with van der Waals surface area (Å²) in [6, 6.07) is 12.9.